The summed E-state index contributed by atoms with van der Waals surface area (Å²) in [6.45, 7) is 2.13. The van der Waals surface area contributed by atoms with E-state index >= 15 is 0 Å². The van der Waals surface area contributed by atoms with E-state index in [4.69, 9.17) is 5.73 Å². The maximum Gasteiger partial charge on any atom is 0.142 e. The van der Waals surface area contributed by atoms with Gasteiger partial charge < -0.3 is 10.3 Å². The van der Waals surface area contributed by atoms with Crippen molar-refractivity contribution in [2.45, 2.75) is 11.8 Å². The molecule has 16 heavy (non-hydrogen) atoms. The fourth-order valence-corrected chi connectivity index (χ4v) is 2.51. The van der Waals surface area contributed by atoms with Crippen molar-refractivity contribution >= 4 is 17.4 Å². The van der Waals surface area contributed by atoms with Crippen LogP contribution >= 0.6 is 11.8 Å². The van der Waals surface area contributed by atoms with Gasteiger partial charge in [-0.05, 0) is 17.9 Å². The Balaban J connectivity index is 2.58. The lowest BCUT2D eigenvalue weighted by atomic mass is 10.1. The van der Waals surface area contributed by atoms with Crippen molar-refractivity contribution in [2.75, 3.05) is 11.5 Å². The fraction of sp³-hybridized carbons (Fsp3) is 0.250. The zero-order chi connectivity index (χ0) is 11.5. The lowest BCUT2D eigenvalue weighted by Crippen LogP contribution is -1.98. The molecule has 1 aromatic heterocycles. The summed E-state index contributed by atoms with van der Waals surface area (Å²) in [6, 6.07) is 6.00. The molecule has 0 aliphatic heterocycles. The highest BCUT2D eigenvalue weighted by molar-refractivity contribution is 7.99. The van der Waals surface area contributed by atoms with E-state index in [-0.39, 0.29) is 0 Å². The first kappa shape index (κ1) is 11.1. The van der Waals surface area contributed by atoms with Crippen molar-refractivity contribution in [1.82, 2.24) is 9.55 Å². The van der Waals surface area contributed by atoms with Crippen molar-refractivity contribution in [1.29, 1.82) is 0 Å². The third kappa shape index (κ3) is 1.93. The molecule has 0 aliphatic carbocycles. The molecular weight excluding hydrogens is 218 g/mol. The SMILES string of the molecule is CCSc1cccc(N)c1-c1nccn1C. The van der Waals surface area contributed by atoms with Crippen LogP contribution in [0.3, 0.4) is 0 Å². The number of anilines is 1. The van der Waals surface area contributed by atoms with Gasteiger partial charge in [0.15, 0.2) is 0 Å². The quantitative estimate of drug-likeness (QED) is 0.655. The van der Waals surface area contributed by atoms with Crippen molar-refractivity contribution in [3.05, 3.63) is 30.6 Å². The summed E-state index contributed by atoms with van der Waals surface area (Å²) in [5.41, 5.74) is 7.87. The molecule has 0 bridgehead atoms. The number of thioether (sulfide) groups is 1. The van der Waals surface area contributed by atoms with Gasteiger partial charge in [0.2, 0.25) is 0 Å². The normalized spacial score (nSPS) is 10.6. The molecule has 0 spiro atoms. The van der Waals surface area contributed by atoms with Gasteiger partial charge in [-0.1, -0.05) is 13.0 Å². The second-order valence-corrected chi connectivity index (χ2v) is 4.82. The number of aromatic nitrogens is 2. The van der Waals surface area contributed by atoms with E-state index in [0.29, 0.717) is 0 Å². The lowest BCUT2D eigenvalue weighted by Gasteiger charge is -2.10. The van der Waals surface area contributed by atoms with Crippen LogP contribution in [0.4, 0.5) is 5.69 Å². The number of hydrogen-bond acceptors (Lipinski definition) is 3. The van der Waals surface area contributed by atoms with Crippen LogP contribution in [0.5, 0.6) is 0 Å². The van der Waals surface area contributed by atoms with Gasteiger partial charge in [0.1, 0.15) is 5.82 Å². The summed E-state index contributed by atoms with van der Waals surface area (Å²) in [6.07, 6.45) is 3.73. The molecular formula is C12H15N3S. The highest BCUT2D eigenvalue weighted by Crippen LogP contribution is 2.34. The fourth-order valence-electron chi connectivity index (χ4n) is 1.67. The Kier molecular flexibility index (Phi) is 3.19. The molecule has 2 rings (SSSR count). The first-order chi connectivity index (χ1) is 7.74. The van der Waals surface area contributed by atoms with Crippen LogP contribution in [0, 0.1) is 0 Å². The Morgan fingerprint density at radius 1 is 1.44 bits per heavy atom. The van der Waals surface area contributed by atoms with Crippen LogP contribution in [0.2, 0.25) is 0 Å². The zero-order valence-corrected chi connectivity index (χ0v) is 10.3. The maximum absolute atomic E-state index is 6.05. The lowest BCUT2D eigenvalue weighted by molar-refractivity contribution is 0.922. The van der Waals surface area contributed by atoms with Crippen LogP contribution in [0.15, 0.2) is 35.5 Å². The first-order valence-corrected chi connectivity index (χ1v) is 6.21. The largest absolute Gasteiger partial charge is 0.398 e. The summed E-state index contributed by atoms with van der Waals surface area (Å²) >= 11 is 1.79. The van der Waals surface area contributed by atoms with Crippen molar-refractivity contribution < 1.29 is 0 Å². The molecule has 0 atom stereocenters. The van der Waals surface area contributed by atoms with E-state index in [1.165, 1.54) is 4.90 Å². The van der Waals surface area contributed by atoms with E-state index in [1.54, 1.807) is 18.0 Å². The van der Waals surface area contributed by atoms with Crippen LogP contribution < -0.4 is 5.73 Å². The standard InChI is InChI=1S/C12H15N3S/c1-3-16-10-6-4-5-9(13)11(10)12-14-7-8-15(12)2/h4-8H,3,13H2,1-2H3. The molecule has 0 fully saturated rings. The minimum Gasteiger partial charge on any atom is -0.398 e. The third-order valence-corrected chi connectivity index (χ3v) is 3.34. The molecule has 0 saturated carbocycles. The van der Waals surface area contributed by atoms with Gasteiger partial charge in [0, 0.05) is 30.0 Å². The van der Waals surface area contributed by atoms with E-state index in [2.05, 4.69) is 18.0 Å². The summed E-state index contributed by atoms with van der Waals surface area (Å²) < 4.78 is 1.99. The van der Waals surface area contributed by atoms with Gasteiger partial charge >= 0.3 is 0 Å². The molecule has 0 amide bonds. The van der Waals surface area contributed by atoms with E-state index in [1.807, 2.05) is 29.9 Å². The van der Waals surface area contributed by atoms with Crippen LogP contribution in [-0.4, -0.2) is 15.3 Å². The Morgan fingerprint density at radius 3 is 2.88 bits per heavy atom. The Bertz CT molecular complexity index is 491. The number of aryl methyl sites for hydroxylation is 1. The van der Waals surface area contributed by atoms with Gasteiger partial charge in [-0.15, -0.1) is 11.8 Å². The number of imidazole rings is 1. The summed E-state index contributed by atoms with van der Waals surface area (Å²) in [5.74, 6) is 1.95. The maximum atomic E-state index is 6.05. The van der Waals surface area contributed by atoms with Crippen molar-refractivity contribution in [3.8, 4) is 11.4 Å². The molecule has 0 saturated heterocycles. The zero-order valence-electron chi connectivity index (χ0n) is 9.47. The number of benzene rings is 1. The minimum atomic E-state index is 0.785. The molecule has 0 aliphatic rings. The van der Waals surface area contributed by atoms with Crippen LogP contribution in [0.1, 0.15) is 6.92 Å². The number of nitrogens with zero attached hydrogens (tertiary/aromatic N) is 2. The molecule has 3 nitrogen and oxygen atoms in total. The summed E-state index contributed by atoms with van der Waals surface area (Å²) in [7, 11) is 1.98. The molecule has 2 N–H and O–H groups in total. The van der Waals surface area contributed by atoms with Crippen molar-refractivity contribution in [3.63, 3.8) is 0 Å². The summed E-state index contributed by atoms with van der Waals surface area (Å²) in [4.78, 5) is 5.55. The monoisotopic (exact) mass is 233 g/mol. The topological polar surface area (TPSA) is 43.8 Å². The highest BCUT2D eigenvalue weighted by atomic mass is 32.2. The number of rotatable bonds is 3. The Labute approximate surface area is 99.7 Å². The highest BCUT2D eigenvalue weighted by Gasteiger charge is 2.12. The molecule has 1 heterocycles. The van der Waals surface area contributed by atoms with Gasteiger partial charge in [-0.3, -0.25) is 0 Å². The molecule has 0 unspecified atom stereocenters. The number of nitrogens with two attached hydrogens (primary N) is 1. The van der Waals surface area contributed by atoms with E-state index < -0.39 is 0 Å². The molecule has 0 radical (unpaired) electrons. The van der Waals surface area contributed by atoms with Gasteiger partial charge in [0.25, 0.3) is 0 Å². The Morgan fingerprint density at radius 2 is 2.25 bits per heavy atom. The molecule has 2 aromatic rings. The van der Waals surface area contributed by atoms with E-state index in [9.17, 15) is 0 Å². The van der Waals surface area contributed by atoms with Gasteiger partial charge in [-0.25, -0.2) is 4.98 Å². The molecule has 4 heteroatoms. The van der Waals surface area contributed by atoms with Crippen LogP contribution in [0.25, 0.3) is 11.4 Å². The van der Waals surface area contributed by atoms with Crippen molar-refractivity contribution in [2.24, 2.45) is 7.05 Å². The third-order valence-electron chi connectivity index (χ3n) is 2.40. The molecule has 84 valence electrons. The van der Waals surface area contributed by atoms with Gasteiger partial charge in [0.05, 0.1) is 5.56 Å². The smallest absolute Gasteiger partial charge is 0.142 e. The first-order valence-electron chi connectivity index (χ1n) is 5.23. The average Bonchev–Trinajstić information content (AvgIpc) is 2.65. The van der Waals surface area contributed by atoms with Gasteiger partial charge in [-0.2, -0.15) is 0 Å². The minimum absolute atomic E-state index is 0.785. The van der Waals surface area contributed by atoms with E-state index in [0.717, 1.165) is 22.8 Å². The predicted molar refractivity (Wildman–Crippen MR) is 69.5 cm³/mol. The Hall–Kier alpha value is -1.42. The predicted octanol–water partition coefficient (Wildman–Crippen LogP) is 2.78. The number of nitrogen functional groups attached to an aromatic ring is 1. The second-order valence-electron chi connectivity index (χ2n) is 3.52. The number of hydrogen-bond donors (Lipinski definition) is 1. The molecule has 1 aromatic carbocycles. The van der Waals surface area contributed by atoms with Crippen LogP contribution in [-0.2, 0) is 7.05 Å². The summed E-state index contributed by atoms with van der Waals surface area (Å²) in [5, 5.41) is 0. The average molecular weight is 233 g/mol. The second kappa shape index (κ2) is 4.61.